The summed E-state index contributed by atoms with van der Waals surface area (Å²) in [6.45, 7) is 8.42. The first kappa shape index (κ1) is 21.8. The first-order valence-electron chi connectivity index (χ1n) is 11.7. The number of aromatic nitrogens is 2. The summed E-state index contributed by atoms with van der Waals surface area (Å²) in [7, 11) is 0. The van der Waals surface area contributed by atoms with E-state index in [2.05, 4.69) is 125 Å². The van der Waals surface area contributed by atoms with Crippen LogP contribution in [0.2, 0.25) is 0 Å². The highest BCUT2D eigenvalue weighted by molar-refractivity contribution is 5.86. The van der Waals surface area contributed by atoms with Gasteiger partial charge in [-0.3, -0.25) is 0 Å². The van der Waals surface area contributed by atoms with Crippen LogP contribution in [0.3, 0.4) is 0 Å². The minimum absolute atomic E-state index is 0.898. The Morgan fingerprint density at radius 2 is 0.471 bits per heavy atom. The molecule has 2 nitrogen and oxygen atoms in total. The van der Waals surface area contributed by atoms with Gasteiger partial charge in [0.25, 0.3) is 0 Å². The van der Waals surface area contributed by atoms with Gasteiger partial charge in [0.05, 0.1) is 22.8 Å². The Morgan fingerprint density at radius 3 is 0.647 bits per heavy atom. The van der Waals surface area contributed by atoms with Crippen molar-refractivity contribution in [3.63, 3.8) is 0 Å². The second kappa shape index (κ2) is 9.07. The summed E-state index contributed by atoms with van der Waals surface area (Å²) in [5, 5.41) is 0. The zero-order chi connectivity index (χ0) is 23.7. The molecule has 4 aromatic carbocycles. The molecular formula is C32H28N2. The monoisotopic (exact) mass is 440 g/mol. The van der Waals surface area contributed by atoms with E-state index >= 15 is 0 Å². The summed E-state index contributed by atoms with van der Waals surface area (Å²) >= 11 is 0. The molecule has 0 radical (unpaired) electrons. The predicted molar refractivity (Wildman–Crippen MR) is 143 cm³/mol. The van der Waals surface area contributed by atoms with E-state index in [1.54, 1.807) is 0 Å². The summed E-state index contributed by atoms with van der Waals surface area (Å²) in [5.41, 5.74) is 12.8. The molecule has 0 aliphatic carbocycles. The van der Waals surface area contributed by atoms with Gasteiger partial charge < -0.3 is 0 Å². The molecule has 1 heterocycles. The lowest BCUT2D eigenvalue weighted by Crippen LogP contribution is -2.01. The first-order chi connectivity index (χ1) is 16.5. The van der Waals surface area contributed by atoms with Crippen LogP contribution in [0.25, 0.3) is 45.0 Å². The Kier molecular flexibility index (Phi) is 5.81. The molecule has 0 aliphatic rings. The molecule has 0 N–H and O–H groups in total. The Labute approximate surface area is 202 Å². The van der Waals surface area contributed by atoms with Crippen LogP contribution in [-0.2, 0) is 0 Å². The van der Waals surface area contributed by atoms with Crippen LogP contribution in [0.15, 0.2) is 97.1 Å². The summed E-state index contributed by atoms with van der Waals surface area (Å²) in [4.78, 5) is 10.6. The Bertz CT molecular complexity index is 1200. The van der Waals surface area contributed by atoms with Gasteiger partial charge in [0, 0.05) is 22.3 Å². The second-order valence-corrected chi connectivity index (χ2v) is 9.08. The first-order valence-corrected chi connectivity index (χ1v) is 11.7. The van der Waals surface area contributed by atoms with E-state index in [9.17, 15) is 0 Å². The van der Waals surface area contributed by atoms with Crippen LogP contribution in [0.1, 0.15) is 22.3 Å². The molecule has 0 amide bonds. The van der Waals surface area contributed by atoms with Crippen LogP contribution < -0.4 is 0 Å². The summed E-state index contributed by atoms with van der Waals surface area (Å²) in [6.07, 6.45) is 0. The van der Waals surface area contributed by atoms with Crippen LogP contribution in [0.4, 0.5) is 0 Å². The average molecular weight is 441 g/mol. The van der Waals surface area contributed by atoms with Gasteiger partial charge in [0.1, 0.15) is 0 Å². The zero-order valence-electron chi connectivity index (χ0n) is 20.1. The van der Waals surface area contributed by atoms with E-state index in [0.29, 0.717) is 0 Å². The molecule has 0 fully saturated rings. The molecule has 5 rings (SSSR count). The van der Waals surface area contributed by atoms with Crippen molar-refractivity contribution < 1.29 is 0 Å². The summed E-state index contributed by atoms with van der Waals surface area (Å²) in [5.74, 6) is 0. The average Bonchev–Trinajstić information content (AvgIpc) is 2.85. The molecule has 0 unspecified atom stereocenters. The number of hydrogen-bond donors (Lipinski definition) is 0. The van der Waals surface area contributed by atoms with Crippen molar-refractivity contribution in [2.75, 3.05) is 0 Å². The summed E-state index contributed by atoms with van der Waals surface area (Å²) < 4.78 is 0. The lowest BCUT2D eigenvalue weighted by atomic mass is 9.98. The van der Waals surface area contributed by atoms with Gasteiger partial charge in [-0.2, -0.15) is 0 Å². The van der Waals surface area contributed by atoms with E-state index in [4.69, 9.17) is 9.97 Å². The number of rotatable bonds is 4. The smallest absolute Gasteiger partial charge is 0.0973 e. The van der Waals surface area contributed by atoms with Crippen molar-refractivity contribution in [3.05, 3.63) is 119 Å². The molecule has 0 aliphatic heterocycles. The molecule has 1 aromatic heterocycles. The number of nitrogens with zero attached hydrogens (tertiary/aromatic N) is 2. The van der Waals surface area contributed by atoms with E-state index in [1.807, 2.05) is 0 Å². The number of hydrogen-bond acceptors (Lipinski definition) is 2. The van der Waals surface area contributed by atoms with Gasteiger partial charge in [-0.25, -0.2) is 9.97 Å². The molecule has 0 bridgehead atoms. The lowest BCUT2D eigenvalue weighted by Gasteiger charge is -2.16. The maximum atomic E-state index is 5.31. The van der Waals surface area contributed by atoms with Crippen molar-refractivity contribution >= 4 is 0 Å². The maximum absolute atomic E-state index is 5.31. The third-order valence-corrected chi connectivity index (χ3v) is 6.20. The van der Waals surface area contributed by atoms with Crippen molar-refractivity contribution in [1.82, 2.24) is 9.97 Å². The Hall–Kier alpha value is -4.04. The zero-order valence-corrected chi connectivity index (χ0v) is 20.1. The minimum Gasteiger partial charge on any atom is -0.243 e. The Morgan fingerprint density at radius 1 is 0.294 bits per heavy atom. The highest BCUT2D eigenvalue weighted by atomic mass is 14.9. The summed E-state index contributed by atoms with van der Waals surface area (Å²) in [6, 6.07) is 34.2. The molecule has 0 saturated carbocycles. The van der Waals surface area contributed by atoms with Crippen LogP contribution in [-0.4, -0.2) is 9.97 Å². The largest absolute Gasteiger partial charge is 0.243 e. The topological polar surface area (TPSA) is 25.8 Å². The fraction of sp³-hybridized carbons (Fsp3) is 0.125. The standard InChI is InChI=1S/C32H28N2/c1-21-5-13-25(14-6-21)29-30(26-15-7-22(2)8-16-26)34-32(28-19-11-24(4)12-20-28)31(33-29)27-17-9-23(3)10-18-27/h5-20H,1-4H3. The third kappa shape index (κ3) is 4.40. The quantitative estimate of drug-likeness (QED) is 0.280. The van der Waals surface area contributed by atoms with Gasteiger partial charge in [0.2, 0.25) is 0 Å². The molecular weight excluding hydrogens is 412 g/mol. The molecule has 0 spiro atoms. The lowest BCUT2D eigenvalue weighted by molar-refractivity contribution is 1.21. The van der Waals surface area contributed by atoms with Gasteiger partial charge in [0.15, 0.2) is 0 Å². The molecule has 5 aromatic rings. The fourth-order valence-electron chi connectivity index (χ4n) is 4.09. The molecule has 2 heteroatoms. The van der Waals surface area contributed by atoms with Crippen LogP contribution >= 0.6 is 0 Å². The van der Waals surface area contributed by atoms with Crippen molar-refractivity contribution in [3.8, 4) is 45.0 Å². The fourth-order valence-corrected chi connectivity index (χ4v) is 4.09. The maximum Gasteiger partial charge on any atom is 0.0973 e. The van der Waals surface area contributed by atoms with Gasteiger partial charge in [-0.15, -0.1) is 0 Å². The van der Waals surface area contributed by atoms with Crippen LogP contribution in [0.5, 0.6) is 0 Å². The van der Waals surface area contributed by atoms with Gasteiger partial charge in [-0.1, -0.05) is 119 Å². The molecule has 0 atom stereocenters. The van der Waals surface area contributed by atoms with E-state index < -0.39 is 0 Å². The van der Waals surface area contributed by atoms with E-state index in [1.165, 1.54) is 22.3 Å². The highest BCUT2D eigenvalue weighted by Gasteiger charge is 2.19. The van der Waals surface area contributed by atoms with Crippen molar-refractivity contribution in [2.24, 2.45) is 0 Å². The van der Waals surface area contributed by atoms with Gasteiger partial charge >= 0.3 is 0 Å². The second-order valence-electron chi connectivity index (χ2n) is 9.08. The minimum atomic E-state index is 0.898. The Balaban J connectivity index is 1.83. The van der Waals surface area contributed by atoms with Crippen molar-refractivity contribution in [2.45, 2.75) is 27.7 Å². The predicted octanol–water partition coefficient (Wildman–Crippen LogP) is 8.38. The number of aryl methyl sites for hydroxylation is 4. The SMILES string of the molecule is Cc1ccc(-c2nc(-c3ccc(C)cc3)c(-c3ccc(C)cc3)nc2-c2ccc(C)cc2)cc1. The van der Waals surface area contributed by atoms with Gasteiger partial charge in [-0.05, 0) is 27.7 Å². The highest BCUT2D eigenvalue weighted by Crippen LogP contribution is 2.37. The van der Waals surface area contributed by atoms with E-state index in [-0.39, 0.29) is 0 Å². The van der Waals surface area contributed by atoms with Crippen LogP contribution in [0, 0.1) is 27.7 Å². The molecule has 0 saturated heterocycles. The van der Waals surface area contributed by atoms with Crippen molar-refractivity contribution in [1.29, 1.82) is 0 Å². The normalized spacial score (nSPS) is 10.9. The molecule has 34 heavy (non-hydrogen) atoms. The number of benzene rings is 4. The molecule has 166 valence electrons. The van der Waals surface area contributed by atoms with E-state index in [0.717, 1.165) is 45.0 Å². The third-order valence-electron chi connectivity index (χ3n) is 6.20.